The van der Waals surface area contributed by atoms with Crippen molar-refractivity contribution in [2.45, 2.75) is 576 Å². The number of Topliss-reactive ketones (excluding diaryl/α,β-unsaturated/α-hetero) is 18. The summed E-state index contributed by atoms with van der Waals surface area (Å²) in [7, 11) is 0. The van der Waals surface area contributed by atoms with Crippen molar-refractivity contribution in [3.8, 4) is 0 Å². The van der Waals surface area contributed by atoms with E-state index in [1.807, 2.05) is 90.0 Å². The maximum Gasteiger partial charge on any atom is 0.177 e. The van der Waals surface area contributed by atoms with Gasteiger partial charge in [0.15, 0.2) is 91.6 Å². The molecule has 0 radical (unpaired) electrons. The lowest BCUT2D eigenvalue weighted by Gasteiger charge is -2.33. The van der Waals surface area contributed by atoms with Gasteiger partial charge < -0.3 is 0 Å². The van der Waals surface area contributed by atoms with Gasteiger partial charge in [-0.3, -0.25) is 86.3 Å². The second kappa shape index (κ2) is 71.2. The van der Waals surface area contributed by atoms with Gasteiger partial charge in [-0.15, -0.1) is 0 Å². The summed E-state index contributed by atoms with van der Waals surface area (Å²) in [5.74, 6) is -5.41. The molecule has 3 saturated carbocycles. The summed E-state index contributed by atoms with van der Waals surface area (Å²) in [6.45, 7) is 60.2. The number of halogens is 8. The summed E-state index contributed by atoms with van der Waals surface area (Å²) in [4.78, 5) is 210. The quantitative estimate of drug-likeness (QED) is 0.0403. The number of carbonyl (C=O) groups excluding carboxylic acids is 18. The minimum absolute atomic E-state index is 0.00524. The first-order chi connectivity index (χ1) is 65.4. The van der Waals surface area contributed by atoms with Crippen molar-refractivity contribution in [2.24, 2.45) is 57.2 Å². The van der Waals surface area contributed by atoms with Crippen LogP contribution in [0.4, 0.5) is 35.1 Å². The highest BCUT2D eigenvalue weighted by Crippen LogP contribution is 2.42. The predicted molar refractivity (Wildman–Crippen MR) is 557 cm³/mol. The minimum Gasteiger partial charge on any atom is -0.300 e. The van der Waals surface area contributed by atoms with Crippen LogP contribution in [-0.4, -0.2) is 149 Å². The average molecular weight is 2030 g/mol. The van der Waals surface area contributed by atoms with E-state index in [0.29, 0.717) is 24.7 Å². The van der Waals surface area contributed by atoms with Gasteiger partial charge in [0.1, 0.15) is 57.8 Å². The van der Waals surface area contributed by atoms with Gasteiger partial charge >= 0.3 is 0 Å². The Hall–Kier alpha value is -6.50. The first-order valence-electron chi connectivity index (χ1n) is 54.4. The maximum atomic E-state index is 14.2. The van der Waals surface area contributed by atoms with Crippen molar-refractivity contribution in [1.29, 1.82) is 0 Å². The van der Waals surface area contributed by atoms with Gasteiger partial charge in [0, 0.05) is 52.3 Å². The molecular weight excluding hydrogens is 1830 g/mol. The predicted octanol–water partition coefficient (Wildman–Crippen LogP) is 30.1. The number of hydrogen-bond donors (Lipinski definition) is 0. The fourth-order valence-electron chi connectivity index (χ4n) is 16.8. The number of ketones is 18. The second-order valence-corrected chi connectivity index (χ2v) is 42.9. The average Bonchev–Trinajstić information content (AvgIpc) is 0.809. The zero-order valence-corrected chi connectivity index (χ0v) is 95.4. The molecule has 0 aromatic heterocycles. The van der Waals surface area contributed by atoms with Gasteiger partial charge in [-0.05, 0) is 211 Å². The van der Waals surface area contributed by atoms with Crippen molar-refractivity contribution in [1.82, 2.24) is 0 Å². The fourth-order valence-corrected chi connectivity index (χ4v) is 16.8. The van der Waals surface area contributed by atoms with Crippen LogP contribution in [0.15, 0.2) is 0 Å². The van der Waals surface area contributed by atoms with Gasteiger partial charge in [-0.2, -0.15) is 0 Å². The van der Waals surface area contributed by atoms with E-state index >= 15 is 0 Å². The lowest BCUT2D eigenvalue weighted by Crippen LogP contribution is -2.38. The summed E-state index contributed by atoms with van der Waals surface area (Å²) >= 11 is 0. The summed E-state index contributed by atoms with van der Waals surface area (Å²) in [6.07, 6.45) is 18.9. The zero-order valence-electron chi connectivity index (χ0n) is 95.4. The van der Waals surface area contributed by atoms with Crippen LogP contribution in [0, 0.1) is 57.2 Å². The molecule has 0 spiro atoms. The van der Waals surface area contributed by atoms with Crippen LogP contribution < -0.4 is 0 Å². The third-order valence-electron chi connectivity index (χ3n) is 30.8. The smallest absolute Gasteiger partial charge is 0.177 e. The molecule has 0 saturated heterocycles. The van der Waals surface area contributed by atoms with Crippen LogP contribution in [0.1, 0.15) is 531 Å². The van der Waals surface area contributed by atoms with Crippen LogP contribution in [0.5, 0.6) is 0 Å². The monoisotopic (exact) mass is 2030 g/mol. The van der Waals surface area contributed by atoms with Gasteiger partial charge in [0.05, 0.1) is 57.8 Å². The molecule has 18 nitrogen and oxygen atoms in total. The fraction of sp³-hybridized carbons (Fsp3) is 0.845. The molecule has 3 aliphatic rings. The molecular formula is C116H200F8O18. The highest BCUT2D eigenvalue weighted by atomic mass is 19.2. The van der Waals surface area contributed by atoms with Gasteiger partial charge in [-0.25, -0.2) is 35.1 Å². The van der Waals surface area contributed by atoms with Crippen molar-refractivity contribution in [3.63, 3.8) is 0 Å². The van der Waals surface area contributed by atoms with Crippen molar-refractivity contribution in [2.75, 3.05) is 0 Å². The van der Waals surface area contributed by atoms with E-state index in [0.717, 1.165) is 109 Å². The molecule has 828 valence electrons. The molecule has 0 amide bonds. The summed E-state index contributed by atoms with van der Waals surface area (Å²) in [5, 5.41) is 0. The standard InChI is InChI=1S/C16H27FO2.C15H25FO2.C14H23FO2.C14H25FO2.2C13H23FO2.C12H21FO2.C11H19FO2.C8H14O2/c1-5-16(17,6-2)14(19)11-13(18)12-7-9-15(3,4)10-8-12;1-4-15(16,5-2)13(18)11-12(17)14(3)9-7-6-8-10-14;1-3-14(15,4-2)13(17)10-12(16)11-8-6-5-7-9-11;1-6-13(5,7-2)11(16)10-12(17)14(15,8-3)9-4;2*1-5-10(6-2)11(15)9-12(16)13(14,7-3)8-4;1-5-12(13,6-2)11(15)8-10(14)7-9(3)4;1-5-11(12,6-2)10(14)7-9(13)8(3)4;1-6(9)5-7(10)8(2,3)4/h12H,5-11H2,1-4H3;4-11H2,1-3H3;11H,3-10H2,1-2H3;6-10H2,1-5H3;2*10H,5-9H2,1-4H3;9H,5-8H2,1-4H3;8H,5-7H2,1-4H3;5H2,1-4H3. The Morgan fingerprint density at radius 3 is 0.761 bits per heavy atom. The van der Waals surface area contributed by atoms with Crippen LogP contribution in [-0.2, 0) is 86.3 Å². The maximum absolute atomic E-state index is 14.2. The van der Waals surface area contributed by atoms with E-state index in [2.05, 4.69) is 13.8 Å². The largest absolute Gasteiger partial charge is 0.300 e. The Morgan fingerprint density at radius 1 is 0.275 bits per heavy atom. The molecule has 3 rings (SSSR count). The van der Waals surface area contributed by atoms with Gasteiger partial charge in [0.2, 0.25) is 0 Å². The van der Waals surface area contributed by atoms with E-state index in [4.69, 9.17) is 0 Å². The third kappa shape index (κ3) is 52.4. The Balaban J connectivity index is -0.000000368. The highest BCUT2D eigenvalue weighted by molar-refractivity contribution is 6.09. The lowest BCUT2D eigenvalue weighted by molar-refractivity contribution is -0.140. The van der Waals surface area contributed by atoms with E-state index in [1.165, 1.54) is 13.3 Å². The second-order valence-electron chi connectivity index (χ2n) is 42.9. The normalized spacial score (nSPS) is 14.7. The minimum atomic E-state index is -1.82. The SMILES string of the molecule is CC(=O)CC(=O)C(C)(C)C.CCC(C)(CC)C(=O)CC(=O)C(F)(CC)CC.CCC(CC)C(=O)CC(=O)C(F)(CC)CC.CCC(CC)C(=O)CC(=O)C(F)(CC)CC.CCC(F)(CC)C(=O)CC(=O)C(C)C.CCC(F)(CC)C(=O)CC(=O)C1(C)CCCCC1.CCC(F)(CC)C(=O)CC(=O)C1CCC(C)(C)CC1.CCC(F)(CC)C(=O)CC(=O)C1CCCCC1.CCC(F)(CC)C(=O)CC(=O)CC(C)C. The van der Waals surface area contributed by atoms with Crippen molar-refractivity contribution >= 4 is 104 Å². The molecule has 3 aliphatic carbocycles. The molecule has 0 aromatic carbocycles. The molecule has 0 heterocycles. The molecule has 0 aliphatic heterocycles. The van der Waals surface area contributed by atoms with Crippen LogP contribution >= 0.6 is 0 Å². The molecule has 0 bridgehead atoms. The Labute approximate surface area is 854 Å². The molecule has 26 heteroatoms. The van der Waals surface area contributed by atoms with Crippen molar-refractivity contribution in [3.05, 3.63) is 0 Å². The first-order valence-corrected chi connectivity index (χ1v) is 54.4. The molecule has 0 N–H and O–H groups in total. The van der Waals surface area contributed by atoms with E-state index in [9.17, 15) is 121 Å². The lowest BCUT2D eigenvalue weighted by atomic mass is 9.71. The number of rotatable bonds is 57. The molecule has 0 unspecified atom stereocenters. The van der Waals surface area contributed by atoms with Gasteiger partial charge in [0.25, 0.3) is 0 Å². The summed E-state index contributed by atoms with van der Waals surface area (Å²) in [6, 6.07) is 0. The van der Waals surface area contributed by atoms with Crippen LogP contribution in [0.25, 0.3) is 0 Å². The van der Waals surface area contributed by atoms with Gasteiger partial charge in [-0.1, -0.05) is 267 Å². The Bertz CT molecular complexity index is 3740. The van der Waals surface area contributed by atoms with Crippen LogP contribution in [0.3, 0.4) is 0 Å². The van der Waals surface area contributed by atoms with Crippen molar-refractivity contribution < 1.29 is 121 Å². The zero-order chi connectivity index (χ0) is 112. The topological polar surface area (TPSA) is 307 Å². The van der Waals surface area contributed by atoms with E-state index in [-0.39, 0.29) is 259 Å². The third-order valence-corrected chi connectivity index (χ3v) is 30.8. The Kier molecular flexibility index (Phi) is 73.3. The van der Waals surface area contributed by atoms with E-state index < -0.39 is 102 Å². The summed E-state index contributed by atoms with van der Waals surface area (Å²) in [5.41, 5.74) is -15.4. The summed E-state index contributed by atoms with van der Waals surface area (Å²) < 4.78 is 112. The molecule has 0 aromatic rings. The van der Waals surface area contributed by atoms with E-state index in [1.54, 1.807) is 125 Å². The first kappa shape index (κ1) is 146. The highest BCUT2D eigenvalue weighted by Gasteiger charge is 2.46. The number of carbonyl (C=O) groups is 18. The number of alkyl halides is 8. The Morgan fingerprint density at radius 2 is 0.521 bits per heavy atom. The van der Waals surface area contributed by atoms with Crippen LogP contribution in [0.2, 0.25) is 0 Å². The number of hydrogen-bond acceptors (Lipinski definition) is 18. The molecule has 142 heavy (non-hydrogen) atoms. The molecule has 0 atom stereocenters. The molecule has 3 fully saturated rings.